The highest BCUT2D eigenvalue weighted by molar-refractivity contribution is 9.10. The second-order valence-corrected chi connectivity index (χ2v) is 6.80. The minimum Gasteiger partial charge on any atom is -0.507 e. The zero-order valence-electron chi connectivity index (χ0n) is 15.0. The molecule has 0 aliphatic heterocycles. The first kappa shape index (κ1) is 20.1. The standard InChI is InChI=1S/C20H15BrN4O4/c21-13-7-5-12(6-8-13)20(28)23-10-18(27)29-11-17(26)14(9-22)19-24-15-3-1-2-4-16(15)25-19/h1-8,26H,10-11H2,(H,23,28)(H,24,25). The van der Waals surface area contributed by atoms with Crippen LogP contribution >= 0.6 is 15.9 Å². The minimum atomic E-state index is -0.760. The van der Waals surface area contributed by atoms with Crippen molar-refractivity contribution in [3.05, 3.63) is 70.2 Å². The number of rotatable bonds is 6. The Morgan fingerprint density at radius 1 is 1.21 bits per heavy atom. The molecule has 0 bridgehead atoms. The number of halogens is 1. The number of nitriles is 1. The van der Waals surface area contributed by atoms with Gasteiger partial charge < -0.3 is 20.1 Å². The van der Waals surface area contributed by atoms with Gasteiger partial charge in [-0.3, -0.25) is 9.59 Å². The van der Waals surface area contributed by atoms with Gasteiger partial charge in [0.25, 0.3) is 5.91 Å². The number of H-pyrrole nitrogens is 1. The fourth-order valence-electron chi connectivity index (χ4n) is 2.45. The Morgan fingerprint density at radius 3 is 2.62 bits per heavy atom. The fraction of sp³-hybridized carbons (Fsp3) is 0.100. The summed E-state index contributed by atoms with van der Waals surface area (Å²) in [7, 11) is 0. The van der Waals surface area contributed by atoms with E-state index in [0.29, 0.717) is 16.6 Å². The molecule has 0 spiro atoms. The highest BCUT2D eigenvalue weighted by atomic mass is 79.9. The predicted octanol–water partition coefficient (Wildman–Crippen LogP) is 3.09. The smallest absolute Gasteiger partial charge is 0.325 e. The zero-order valence-corrected chi connectivity index (χ0v) is 16.6. The van der Waals surface area contributed by atoms with Crippen molar-refractivity contribution in [1.29, 1.82) is 5.26 Å². The number of imidazole rings is 1. The van der Waals surface area contributed by atoms with Crippen LogP contribution in [0.25, 0.3) is 16.6 Å². The number of allylic oxidation sites excluding steroid dienone is 1. The second kappa shape index (κ2) is 9.03. The van der Waals surface area contributed by atoms with Crippen LogP contribution in [-0.4, -0.2) is 40.1 Å². The summed E-state index contributed by atoms with van der Waals surface area (Å²) in [6.07, 6.45) is 0. The summed E-state index contributed by atoms with van der Waals surface area (Å²) >= 11 is 3.27. The number of carbonyl (C=O) groups is 2. The summed E-state index contributed by atoms with van der Waals surface area (Å²) < 4.78 is 5.75. The first-order valence-electron chi connectivity index (χ1n) is 8.44. The number of hydrogen-bond acceptors (Lipinski definition) is 6. The molecule has 146 valence electrons. The Hall–Kier alpha value is -3.64. The molecule has 3 N–H and O–H groups in total. The van der Waals surface area contributed by atoms with Gasteiger partial charge in [-0.15, -0.1) is 0 Å². The number of carbonyl (C=O) groups excluding carboxylic acids is 2. The topological polar surface area (TPSA) is 128 Å². The number of para-hydroxylation sites is 2. The SMILES string of the molecule is N#CC(=C(O)COC(=O)CNC(=O)c1ccc(Br)cc1)c1nc2ccccc2[nH]1. The number of hydrogen-bond donors (Lipinski definition) is 3. The van der Waals surface area contributed by atoms with Crippen LogP contribution in [0, 0.1) is 11.3 Å². The van der Waals surface area contributed by atoms with E-state index in [1.54, 1.807) is 42.5 Å². The lowest BCUT2D eigenvalue weighted by molar-refractivity contribution is -0.142. The van der Waals surface area contributed by atoms with Crippen molar-refractivity contribution < 1.29 is 19.4 Å². The minimum absolute atomic E-state index is 0.132. The normalized spacial score (nSPS) is 11.4. The number of aliphatic hydroxyl groups excluding tert-OH is 1. The zero-order chi connectivity index (χ0) is 20.8. The van der Waals surface area contributed by atoms with Crippen molar-refractivity contribution in [3.8, 4) is 6.07 Å². The molecule has 29 heavy (non-hydrogen) atoms. The van der Waals surface area contributed by atoms with Crippen LogP contribution < -0.4 is 5.32 Å². The van der Waals surface area contributed by atoms with E-state index in [9.17, 15) is 20.0 Å². The maximum Gasteiger partial charge on any atom is 0.325 e. The lowest BCUT2D eigenvalue weighted by Crippen LogP contribution is -2.30. The number of fused-ring (bicyclic) bond motifs is 1. The van der Waals surface area contributed by atoms with Crippen LogP contribution in [-0.2, 0) is 9.53 Å². The van der Waals surface area contributed by atoms with Crippen LogP contribution in [0.2, 0.25) is 0 Å². The van der Waals surface area contributed by atoms with E-state index >= 15 is 0 Å². The van der Waals surface area contributed by atoms with Gasteiger partial charge in [-0.05, 0) is 36.4 Å². The molecular formula is C20H15BrN4O4. The molecule has 0 aliphatic rings. The first-order valence-corrected chi connectivity index (χ1v) is 9.24. The average Bonchev–Trinajstić information content (AvgIpc) is 3.15. The molecule has 3 rings (SSSR count). The van der Waals surface area contributed by atoms with E-state index in [-0.39, 0.29) is 17.9 Å². The molecule has 0 fully saturated rings. The van der Waals surface area contributed by atoms with E-state index in [0.717, 1.165) is 4.47 Å². The summed E-state index contributed by atoms with van der Waals surface area (Å²) in [6.45, 7) is -0.901. The molecule has 1 aromatic heterocycles. The molecule has 8 nitrogen and oxygen atoms in total. The van der Waals surface area contributed by atoms with E-state index in [2.05, 4.69) is 31.2 Å². The molecular weight excluding hydrogens is 440 g/mol. The van der Waals surface area contributed by atoms with Crippen LogP contribution in [0.15, 0.2) is 58.8 Å². The number of amides is 1. The fourth-order valence-corrected chi connectivity index (χ4v) is 2.72. The third-order valence-electron chi connectivity index (χ3n) is 3.90. The van der Waals surface area contributed by atoms with Gasteiger partial charge in [0.15, 0.2) is 11.6 Å². The predicted molar refractivity (Wildman–Crippen MR) is 109 cm³/mol. The third kappa shape index (κ3) is 5.00. The van der Waals surface area contributed by atoms with Gasteiger partial charge in [-0.1, -0.05) is 28.1 Å². The van der Waals surface area contributed by atoms with E-state index in [1.807, 2.05) is 12.1 Å². The van der Waals surface area contributed by atoms with Crippen LogP contribution in [0.1, 0.15) is 16.2 Å². The number of nitrogens with one attached hydrogen (secondary N) is 2. The Kier molecular flexibility index (Phi) is 6.26. The number of aromatic amines is 1. The van der Waals surface area contributed by atoms with Gasteiger partial charge in [0.05, 0.1) is 11.0 Å². The molecule has 3 aromatic rings. The third-order valence-corrected chi connectivity index (χ3v) is 4.42. The number of aromatic nitrogens is 2. The van der Waals surface area contributed by atoms with E-state index < -0.39 is 24.2 Å². The Balaban J connectivity index is 1.58. The van der Waals surface area contributed by atoms with Crippen molar-refractivity contribution in [1.82, 2.24) is 15.3 Å². The summed E-state index contributed by atoms with van der Waals surface area (Å²) in [5.41, 5.74) is 1.60. The summed E-state index contributed by atoms with van der Waals surface area (Å²) in [5, 5.41) is 21.9. The average molecular weight is 455 g/mol. The summed E-state index contributed by atoms with van der Waals surface area (Å²) in [4.78, 5) is 31.0. The highest BCUT2D eigenvalue weighted by Crippen LogP contribution is 2.18. The Labute approximate surface area is 174 Å². The summed E-state index contributed by atoms with van der Waals surface area (Å²) in [5.74, 6) is -1.47. The van der Waals surface area contributed by atoms with Crippen molar-refractivity contribution >= 4 is 44.4 Å². The van der Waals surface area contributed by atoms with Gasteiger partial charge in [0.1, 0.15) is 24.8 Å². The van der Waals surface area contributed by atoms with Gasteiger partial charge >= 0.3 is 5.97 Å². The number of nitrogens with zero attached hydrogens (tertiary/aromatic N) is 2. The Morgan fingerprint density at radius 2 is 1.93 bits per heavy atom. The maximum atomic E-state index is 12.0. The van der Waals surface area contributed by atoms with Gasteiger partial charge in [0, 0.05) is 10.0 Å². The maximum absolute atomic E-state index is 12.0. The van der Waals surface area contributed by atoms with Crippen molar-refractivity contribution in [2.45, 2.75) is 0 Å². The molecule has 0 aliphatic carbocycles. The van der Waals surface area contributed by atoms with Gasteiger partial charge in [-0.25, -0.2) is 4.98 Å². The van der Waals surface area contributed by atoms with Crippen molar-refractivity contribution in [2.75, 3.05) is 13.2 Å². The molecule has 0 atom stereocenters. The van der Waals surface area contributed by atoms with Crippen LogP contribution in [0.5, 0.6) is 0 Å². The number of ether oxygens (including phenoxy) is 1. The molecule has 0 unspecified atom stereocenters. The number of esters is 1. The van der Waals surface area contributed by atoms with Crippen LogP contribution in [0.4, 0.5) is 0 Å². The highest BCUT2D eigenvalue weighted by Gasteiger charge is 2.15. The van der Waals surface area contributed by atoms with Gasteiger partial charge in [0.2, 0.25) is 0 Å². The molecule has 9 heteroatoms. The quantitative estimate of drug-likeness (QED) is 0.298. The molecule has 0 radical (unpaired) electrons. The number of benzene rings is 2. The summed E-state index contributed by atoms with van der Waals surface area (Å²) in [6, 6.07) is 15.6. The van der Waals surface area contributed by atoms with Crippen molar-refractivity contribution in [2.24, 2.45) is 0 Å². The monoisotopic (exact) mass is 454 g/mol. The van der Waals surface area contributed by atoms with E-state index in [1.165, 1.54) is 0 Å². The first-order chi connectivity index (χ1) is 14.0. The molecule has 1 amide bonds. The number of aliphatic hydroxyl groups is 1. The second-order valence-electron chi connectivity index (χ2n) is 5.89. The molecule has 0 saturated heterocycles. The van der Waals surface area contributed by atoms with E-state index in [4.69, 9.17) is 4.74 Å². The lowest BCUT2D eigenvalue weighted by Gasteiger charge is -2.07. The molecule has 0 saturated carbocycles. The Bertz CT molecular complexity index is 1100. The van der Waals surface area contributed by atoms with Crippen molar-refractivity contribution in [3.63, 3.8) is 0 Å². The largest absolute Gasteiger partial charge is 0.507 e. The van der Waals surface area contributed by atoms with Gasteiger partial charge in [-0.2, -0.15) is 5.26 Å². The molecule has 1 heterocycles. The van der Waals surface area contributed by atoms with Crippen LogP contribution in [0.3, 0.4) is 0 Å². The lowest BCUT2D eigenvalue weighted by atomic mass is 10.2. The molecule has 2 aromatic carbocycles.